The molecular weight excluding hydrogens is 308 g/mol. The smallest absolute Gasteiger partial charge is 0.245 e. The maximum absolute atomic E-state index is 12.8. The van der Waals surface area contributed by atoms with Crippen LogP contribution in [-0.4, -0.2) is 60.5 Å². The van der Waals surface area contributed by atoms with Crippen LogP contribution in [0.4, 0.5) is 5.82 Å². The molecule has 1 heterocycles. The molecule has 0 saturated heterocycles. The third-order valence-corrected chi connectivity index (χ3v) is 3.92. The van der Waals surface area contributed by atoms with Crippen molar-refractivity contribution < 1.29 is 14.1 Å². The highest BCUT2D eigenvalue weighted by Gasteiger charge is 2.24. The molecule has 1 aromatic heterocycles. The molecule has 2 amide bonds. The van der Waals surface area contributed by atoms with Gasteiger partial charge in [-0.2, -0.15) is 0 Å². The summed E-state index contributed by atoms with van der Waals surface area (Å²) in [6.07, 6.45) is 5.14. The topological polar surface area (TPSA) is 78.7 Å². The Labute approximate surface area is 144 Å². The molecule has 0 spiro atoms. The van der Waals surface area contributed by atoms with E-state index in [9.17, 15) is 9.59 Å². The van der Waals surface area contributed by atoms with Gasteiger partial charge in [0, 0.05) is 25.1 Å². The lowest BCUT2D eigenvalue weighted by molar-refractivity contribution is -0.138. The fraction of sp³-hybridized carbons (Fsp3) is 0.706. The van der Waals surface area contributed by atoms with Gasteiger partial charge in [-0.1, -0.05) is 31.8 Å². The maximum Gasteiger partial charge on any atom is 0.245 e. The Hall–Kier alpha value is -1.89. The molecule has 1 rings (SSSR count). The third-order valence-electron chi connectivity index (χ3n) is 3.92. The molecule has 1 aromatic rings. The van der Waals surface area contributed by atoms with E-state index < -0.39 is 0 Å². The number of nitrogens with one attached hydrogen (secondary N) is 1. The fourth-order valence-electron chi connectivity index (χ4n) is 2.43. The van der Waals surface area contributed by atoms with Crippen molar-refractivity contribution in [3.8, 4) is 0 Å². The number of carbonyl (C=O) groups is 2. The lowest BCUT2D eigenvalue weighted by Gasteiger charge is -2.27. The predicted octanol–water partition coefficient (Wildman–Crippen LogP) is 2.22. The van der Waals surface area contributed by atoms with Crippen LogP contribution in [0.15, 0.2) is 16.9 Å². The van der Waals surface area contributed by atoms with E-state index in [1.54, 1.807) is 11.0 Å². The molecule has 0 aliphatic heterocycles. The summed E-state index contributed by atoms with van der Waals surface area (Å²) in [5, 5.41) is 6.30. The van der Waals surface area contributed by atoms with Gasteiger partial charge in [-0.05, 0) is 26.9 Å². The Kier molecular flexibility index (Phi) is 9.07. The van der Waals surface area contributed by atoms with Crippen molar-refractivity contribution in [1.82, 2.24) is 15.0 Å². The zero-order chi connectivity index (χ0) is 17.9. The van der Waals surface area contributed by atoms with Crippen molar-refractivity contribution in [3.05, 3.63) is 12.3 Å². The van der Waals surface area contributed by atoms with E-state index in [2.05, 4.69) is 17.4 Å². The van der Waals surface area contributed by atoms with Gasteiger partial charge in [0.1, 0.15) is 6.26 Å². The summed E-state index contributed by atoms with van der Waals surface area (Å²) >= 11 is 0. The first-order valence-corrected chi connectivity index (χ1v) is 8.61. The van der Waals surface area contributed by atoms with Crippen molar-refractivity contribution in [2.75, 3.05) is 39.0 Å². The average Bonchev–Trinajstić information content (AvgIpc) is 3.04. The number of anilines is 1. The second kappa shape index (κ2) is 10.8. The fourth-order valence-corrected chi connectivity index (χ4v) is 2.43. The first-order valence-electron chi connectivity index (χ1n) is 8.61. The van der Waals surface area contributed by atoms with Crippen molar-refractivity contribution in [2.45, 2.75) is 39.5 Å². The van der Waals surface area contributed by atoms with Crippen LogP contribution in [0, 0.1) is 5.92 Å². The van der Waals surface area contributed by atoms with E-state index in [0.717, 1.165) is 25.7 Å². The summed E-state index contributed by atoms with van der Waals surface area (Å²) in [6.45, 7) is 5.42. The van der Waals surface area contributed by atoms with Gasteiger partial charge in [-0.25, -0.2) is 0 Å². The largest absolute Gasteiger partial charge is 0.363 e. The molecule has 0 fully saturated rings. The summed E-state index contributed by atoms with van der Waals surface area (Å²) in [7, 11) is 3.90. The Morgan fingerprint density at radius 3 is 2.58 bits per heavy atom. The molecule has 0 unspecified atom stereocenters. The number of hydrogen-bond donors (Lipinski definition) is 1. The lowest BCUT2D eigenvalue weighted by atomic mass is 9.97. The number of amides is 2. The van der Waals surface area contributed by atoms with Gasteiger partial charge in [-0.15, -0.1) is 0 Å². The van der Waals surface area contributed by atoms with Crippen LogP contribution < -0.4 is 5.32 Å². The number of nitrogens with zero attached hydrogens (tertiary/aromatic N) is 3. The van der Waals surface area contributed by atoms with Crippen molar-refractivity contribution in [3.63, 3.8) is 0 Å². The monoisotopic (exact) mass is 338 g/mol. The Morgan fingerprint density at radius 2 is 2.04 bits per heavy atom. The highest BCUT2D eigenvalue weighted by Crippen LogP contribution is 2.16. The quantitative estimate of drug-likeness (QED) is 0.669. The molecule has 1 N–H and O–H groups in total. The van der Waals surface area contributed by atoms with Crippen LogP contribution in [0.5, 0.6) is 0 Å². The van der Waals surface area contributed by atoms with E-state index in [-0.39, 0.29) is 24.3 Å². The molecule has 24 heavy (non-hydrogen) atoms. The molecule has 136 valence electrons. The van der Waals surface area contributed by atoms with Gasteiger partial charge in [-0.3, -0.25) is 9.59 Å². The third kappa shape index (κ3) is 7.12. The molecule has 1 atom stereocenters. The normalized spacial score (nSPS) is 12.2. The maximum atomic E-state index is 12.8. The van der Waals surface area contributed by atoms with Gasteiger partial charge in [0.2, 0.25) is 11.8 Å². The van der Waals surface area contributed by atoms with E-state index in [0.29, 0.717) is 18.9 Å². The second-order valence-electron chi connectivity index (χ2n) is 6.24. The molecule has 0 radical (unpaired) electrons. The summed E-state index contributed by atoms with van der Waals surface area (Å²) in [6, 6.07) is 1.57. The highest BCUT2D eigenvalue weighted by atomic mass is 16.5. The molecule has 7 heteroatoms. The molecule has 0 saturated carbocycles. The second-order valence-corrected chi connectivity index (χ2v) is 6.24. The molecule has 7 nitrogen and oxygen atoms in total. The zero-order valence-electron chi connectivity index (χ0n) is 15.2. The van der Waals surface area contributed by atoms with Crippen LogP contribution in [-0.2, 0) is 9.59 Å². The standard InChI is InChI=1S/C17H30N4O3/c1-5-7-8-14(6-2)17(23)21(11-10-20(3)4)13-16(22)18-15-9-12-24-19-15/h9,12,14H,5-8,10-11,13H2,1-4H3,(H,18,19,22)/t14-/m0/s1. The first-order chi connectivity index (χ1) is 11.5. The predicted molar refractivity (Wildman–Crippen MR) is 93.6 cm³/mol. The molecular formula is C17H30N4O3. The van der Waals surface area contributed by atoms with Crippen LogP contribution in [0.25, 0.3) is 0 Å². The summed E-state index contributed by atoms with van der Waals surface area (Å²) in [5.41, 5.74) is 0. The number of hydrogen-bond acceptors (Lipinski definition) is 5. The molecule has 0 aromatic carbocycles. The molecule has 0 aliphatic carbocycles. The van der Waals surface area contributed by atoms with Crippen molar-refractivity contribution >= 4 is 17.6 Å². The van der Waals surface area contributed by atoms with Gasteiger partial charge in [0.15, 0.2) is 5.82 Å². The van der Waals surface area contributed by atoms with E-state index in [1.807, 2.05) is 25.9 Å². The van der Waals surface area contributed by atoms with Crippen LogP contribution in [0.3, 0.4) is 0 Å². The van der Waals surface area contributed by atoms with E-state index in [1.165, 1.54) is 6.26 Å². The van der Waals surface area contributed by atoms with Gasteiger partial charge >= 0.3 is 0 Å². The average molecular weight is 338 g/mol. The zero-order valence-corrected chi connectivity index (χ0v) is 15.2. The number of carbonyl (C=O) groups excluding carboxylic acids is 2. The van der Waals surface area contributed by atoms with Crippen LogP contribution in [0.2, 0.25) is 0 Å². The number of aromatic nitrogens is 1. The van der Waals surface area contributed by atoms with E-state index >= 15 is 0 Å². The Bertz CT molecular complexity index is 488. The van der Waals surface area contributed by atoms with Crippen molar-refractivity contribution in [2.24, 2.45) is 5.92 Å². The number of unbranched alkanes of at least 4 members (excludes halogenated alkanes) is 1. The summed E-state index contributed by atoms with van der Waals surface area (Å²) in [4.78, 5) is 28.7. The minimum atomic E-state index is -0.263. The highest BCUT2D eigenvalue weighted by molar-refractivity contribution is 5.94. The minimum Gasteiger partial charge on any atom is -0.363 e. The minimum absolute atomic E-state index is 0.0213. The summed E-state index contributed by atoms with van der Waals surface area (Å²) in [5.74, 6) is 0.134. The Balaban J connectivity index is 2.70. The first kappa shape index (κ1) is 20.2. The summed E-state index contributed by atoms with van der Waals surface area (Å²) < 4.78 is 4.69. The van der Waals surface area contributed by atoms with Crippen molar-refractivity contribution in [1.29, 1.82) is 0 Å². The van der Waals surface area contributed by atoms with Gasteiger partial charge in [0.05, 0.1) is 6.54 Å². The van der Waals surface area contributed by atoms with Crippen LogP contribution >= 0.6 is 0 Å². The number of likely N-dealkylation sites (N-methyl/N-ethyl adjacent to an activating group) is 1. The van der Waals surface area contributed by atoms with E-state index in [4.69, 9.17) is 4.52 Å². The van der Waals surface area contributed by atoms with Gasteiger partial charge < -0.3 is 19.6 Å². The molecule has 0 bridgehead atoms. The lowest BCUT2D eigenvalue weighted by Crippen LogP contribution is -2.44. The van der Waals surface area contributed by atoms with Crippen LogP contribution in [0.1, 0.15) is 39.5 Å². The SMILES string of the molecule is CCCC[C@H](CC)C(=O)N(CCN(C)C)CC(=O)Nc1ccon1. The number of rotatable bonds is 11. The van der Waals surface area contributed by atoms with Gasteiger partial charge in [0.25, 0.3) is 0 Å². The molecule has 0 aliphatic rings. The Morgan fingerprint density at radius 1 is 1.29 bits per heavy atom.